The van der Waals surface area contributed by atoms with Crippen molar-refractivity contribution in [3.8, 4) is 5.75 Å². The third kappa shape index (κ3) is 3.63. The van der Waals surface area contributed by atoms with Crippen LogP contribution < -0.4 is 10.1 Å². The Bertz CT molecular complexity index is 820. The number of amides is 2. The van der Waals surface area contributed by atoms with Crippen LogP contribution in [-0.4, -0.2) is 11.1 Å². The van der Waals surface area contributed by atoms with E-state index in [1.165, 1.54) is 0 Å². The maximum Gasteiger partial charge on any atom is 0.290 e. The number of carbonyl (C=O) groups excluding carboxylic acids is 2. The molecule has 0 spiro atoms. The van der Waals surface area contributed by atoms with Gasteiger partial charge in [0, 0.05) is 0 Å². The average molecular weight is 360 g/mol. The van der Waals surface area contributed by atoms with Crippen molar-refractivity contribution in [1.82, 2.24) is 5.32 Å². The van der Waals surface area contributed by atoms with Crippen LogP contribution in [0, 0.1) is 0 Å². The lowest BCUT2D eigenvalue weighted by molar-refractivity contribution is -0.115. The van der Waals surface area contributed by atoms with E-state index in [-0.39, 0.29) is 11.3 Å². The topological polar surface area (TPSA) is 55.4 Å². The zero-order valence-corrected chi connectivity index (χ0v) is 14.4. The summed E-state index contributed by atoms with van der Waals surface area (Å²) in [6, 6.07) is 15.1. The quantitative estimate of drug-likeness (QED) is 0.796. The Kier molecular flexibility index (Phi) is 4.92. The zero-order valence-electron chi connectivity index (χ0n) is 12.8. The molecule has 0 radical (unpaired) electrons. The summed E-state index contributed by atoms with van der Waals surface area (Å²) in [5, 5.41) is 2.24. The van der Waals surface area contributed by atoms with Gasteiger partial charge in [0.2, 0.25) is 0 Å². The SMILES string of the molecule is CC(Oc1cccc(/C=C2/SC(=O)NC2=O)c1Cl)c1ccccc1. The minimum atomic E-state index is -0.412. The summed E-state index contributed by atoms with van der Waals surface area (Å²) < 4.78 is 5.95. The van der Waals surface area contributed by atoms with Crippen LogP contribution in [0.15, 0.2) is 53.4 Å². The second kappa shape index (κ2) is 7.11. The van der Waals surface area contributed by atoms with E-state index in [9.17, 15) is 9.59 Å². The first-order valence-corrected chi connectivity index (χ1v) is 8.49. The highest BCUT2D eigenvalue weighted by Gasteiger charge is 2.25. The Morgan fingerprint density at radius 2 is 1.88 bits per heavy atom. The largest absolute Gasteiger partial charge is 0.484 e. The molecular weight excluding hydrogens is 346 g/mol. The third-order valence-electron chi connectivity index (χ3n) is 3.49. The molecule has 1 atom stereocenters. The van der Waals surface area contributed by atoms with E-state index in [0.717, 1.165) is 17.3 Å². The van der Waals surface area contributed by atoms with Gasteiger partial charge in [-0.25, -0.2) is 0 Å². The van der Waals surface area contributed by atoms with Crippen LogP contribution in [0.25, 0.3) is 6.08 Å². The molecule has 6 heteroatoms. The Morgan fingerprint density at radius 1 is 1.12 bits per heavy atom. The lowest BCUT2D eigenvalue weighted by Gasteiger charge is -2.17. The summed E-state index contributed by atoms with van der Waals surface area (Å²) in [4.78, 5) is 23.2. The van der Waals surface area contributed by atoms with Crippen molar-refractivity contribution in [1.29, 1.82) is 0 Å². The van der Waals surface area contributed by atoms with Crippen LogP contribution in [0.5, 0.6) is 5.75 Å². The lowest BCUT2D eigenvalue weighted by Crippen LogP contribution is -2.17. The molecule has 122 valence electrons. The van der Waals surface area contributed by atoms with Crippen LogP contribution >= 0.6 is 23.4 Å². The number of nitrogens with one attached hydrogen (secondary N) is 1. The molecule has 2 amide bonds. The van der Waals surface area contributed by atoms with E-state index in [0.29, 0.717) is 21.2 Å². The van der Waals surface area contributed by atoms with Crippen LogP contribution in [0.1, 0.15) is 24.2 Å². The molecule has 1 unspecified atom stereocenters. The fraction of sp³-hybridized carbons (Fsp3) is 0.111. The Labute approximate surface area is 148 Å². The minimum Gasteiger partial charge on any atom is -0.484 e. The summed E-state index contributed by atoms with van der Waals surface area (Å²) in [5.74, 6) is 0.113. The fourth-order valence-corrected chi connectivity index (χ4v) is 3.17. The summed E-state index contributed by atoms with van der Waals surface area (Å²) in [5.41, 5.74) is 1.66. The Morgan fingerprint density at radius 3 is 2.54 bits per heavy atom. The van der Waals surface area contributed by atoms with Crippen LogP contribution in [0.2, 0.25) is 5.02 Å². The van der Waals surface area contributed by atoms with Crippen molar-refractivity contribution in [2.45, 2.75) is 13.0 Å². The molecule has 4 nitrogen and oxygen atoms in total. The molecular formula is C18H14ClNO3S. The highest BCUT2D eigenvalue weighted by molar-refractivity contribution is 8.18. The van der Waals surface area contributed by atoms with E-state index in [2.05, 4.69) is 5.32 Å². The van der Waals surface area contributed by atoms with Gasteiger partial charge < -0.3 is 4.74 Å². The van der Waals surface area contributed by atoms with E-state index in [1.54, 1.807) is 24.3 Å². The molecule has 1 fully saturated rings. The van der Waals surface area contributed by atoms with E-state index in [4.69, 9.17) is 16.3 Å². The van der Waals surface area contributed by atoms with Crippen molar-refractivity contribution in [3.63, 3.8) is 0 Å². The lowest BCUT2D eigenvalue weighted by atomic mass is 10.1. The number of rotatable bonds is 4. The summed E-state index contributed by atoms with van der Waals surface area (Å²) >= 11 is 7.26. The van der Waals surface area contributed by atoms with Gasteiger partial charge >= 0.3 is 0 Å². The molecule has 3 rings (SSSR count). The van der Waals surface area contributed by atoms with Crippen LogP contribution in [0.3, 0.4) is 0 Å². The number of benzene rings is 2. The number of hydrogen-bond donors (Lipinski definition) is 1. The second-order valence-electron chi connectivity index (χ2n) is 5.18. The number of halogens is 1. The Hall–Kier alpha value is -2.24. The third-order valence-corrected chi connectivity index (χ3v) is 4.71. The number of imide groups is 1. The number of carbonyl (C=O) groups is 2. The molecule has 0 aromatic heterocycles. The Balaban J connectivity index is 1.85. The van der Waals surface area contributed by atoms with Crippen LogP contribution in [-0.2, 0) is 4.79 Å². The molecule has 0 saturated carbocycles. The first kappa shape index (κ1) is 16.6. The molecule has 0 aliphatic carbocycles. The predicted molar refractivity (Wildman–Crippen MR) is 96.0 cm³/mol. The summed E-state index contributed by atoms with van der Waals surface area (Å²) in [6.07, 6.45) is 1.42. The molecule has 1 heterocycles. The van der Waals surface area contributed by atoms with Crippen molar-refractivity contribution in [3.05, 3.63) is 69.6 Å². The van der Waals surface area contributed by atoms with Gasteiger partial charge in [0.25, 0.3) is 11.1 Å². The summed E-state index contributed by atoms with van der Waals surface area (Å²) in [6.45, 7) is 1.94. The van der Waals surface area contributed by atoms with Crippen molar-refractivity contribution in [2.75, 3.05) is 0 Å². The number of hydrogen-bond acceptors (Lipinski definition) is 4. The van der Waals surface area contributed by atoms with Gasteiger partial charge in [-0.3, -0.25) is 14.9 Å². The molecule has 0 bridgehead atoms. The predicted octanol–water partition coefficient (Wildman–Crippen LogP) is 4.80. The minimum absolute atomic E-state index is 0.169. The maximum atomic E-state index is 11.7. The van der Waals surface area contributed by atoms with Gasteiger partial charge in [0.05, 0.1) is 9.93 Å². The fourth-order valence-electron chi connectivity index (χ4n) is 2.28. The smallest absolute Gasteiger partial charge is 0.290 e. The molecule has 1 N–H and O–H groups in total. The van der Waals surface area contributed by atoms with Crippen LogP contribution in [0.4, 0.5) is 4.79 Å². The zero-order chi connectivity index (χ0) is 17.1. The van der Waals surface area contributed by atoms with Crippen molar-refractivity contribution in [2.24, 2.45) is 0 Å². The monoisotopic (exact) mass is 359 g/mol. The van der Waals surface area contributed by atoms with Crippen molar-refractivity contribution < 1.29 is 14.3 Å². The normalized spacial score (nSPS) is 17.0. The van der Waals surface area contributed by atoms with E-state index >= 15 is 0 Å². The molecule has 2 aromatic rings. The highest BCUT2D eigenvalue weighted by atomic mass is 35.5. The number of ether oxygens (including phenoxy) is 1. The molecule has 1 aliphatic heterocycles. The first-order valence-electron chi connectivity index (χ1n) is 7.29. The molecule has 1 saturated heterocycles. The van der Waals surface area contributed by atoms with E-state index in [1.807, 2.05) is 37.3 Å². The molecule has 2 aromatic carbocycles. The molecule has 1 aliphatic rings. The number of thioether (sulfide) groups is 1. The van der Waals surface area contributed by atoms with Crippen molar-refractivity contribution >= 4 is 40.6 Å². The average Bonchev–Trinajstić information content (AvgIpc) is 2.89. The van der Waals surface area contributed by atoms with Gasteiger partial charge in [-0.2, -0.15) is 0 Å². The van der Waals surface area contributed by atoms with Gasteiger partial charge in [0.15, 0.2) is 0 Å². The van der Waals surface area contributed by atoms with E-state index < -0.39 is 5.91 Å². The first-order chi connectivity index (χ1) is 11.5. The van der Waals surface area contributed by atoms with Gasteiger partial charge in [0.1, 0.15) is 11.9 Å². The van der Waals surface area contributed by atoms with Gasteiger partial charge in [-0.15, -0.1) is 0 Å². The maximum absolute atomic E-state index is 11.7. The molecule has 24 heavy (non-hydrogen) atoms. The standard InChI is InChI=1S/C18H14ClNO3S/c1-11(12-6-3-2-4-7-12)23-14-9-5-8-13(16(14)19)10-15-17(21)20-18(22)24-15/h2-11H,1H3,(H,20,21,22)/b15-10+. The highest BCUT2D eigenvalue weighted by Crippen LogP contribution is 2.35. The summed E-state index contributed by atoms with van der Waals surface area (Å²) in [7, 11) is 0. The second-order valence-corrected chi connectivity index (χ2v) is 6.58. The van der Waals surface area contributed by atoms with Gasteiger partial charge in [-0.1, -0.05) is 54.1 Å². The van der Waals surface area contributed by atoms with Gasteiger partial charge in [-0.05, 0) is 42.0 Å².